The summed E-state index contributed by atoms with van der Waals surface area (Å²) in [5, 5.41) is 10.5. The summed E-state index contributed by atoms with van der Waals surface area (Å²) in [5.41, 5.74) is 5.35. The molecule has 5 rings (SSSR count). The minimum atomic E-state index is -0.850. The van der Waals surface area contributed by atoms with Gasteiger partial charge in [-0.2, -0.15) is 0 Å². The van der Waals surface area contributed by atoms with Crippen LogP contribution in [0, 0.1) is 5.92 Å². The van der Waals surface area contributed by atoms with Crippen molar-refractivity contribution in [1.82, 2.24) is 9.47 Å². The van der Waals surface area contributed by atoms with Crippen LogP contribution in [-0.2, 0) is 35.5 Å². The zero-order chi connectivity index (χ0) is 24.4. The van der Waals surface area contributed by atoms with E-state index in [-0.39, 0.29) is 24.4 Å². The number of rotatable bonds is 7. The van der Waals surface area contributed by atoms with Crippen molar-refractivity contribution >= 4 is 22.8 Å². The molecule has 5 nitrogen and oxygen atoms in total. The van der Waals surface area contributed by atoms with Crippen LogP contribution in [0.15, 0.2) is 84.9 Å². The van der Waals surface area contributed by atoms with E-state index in [2.05, 4.69) is 31.2 Å². The van der Waals surface area contributed by atoms with Gasteiger partial charge in [0.2, 0.25) is 5.91 Å². The van der Waals surface area contributed by atoms with Crippen molar-refractivity contribution in [2.45, 2.75) is 45.3 Å². The molecule has 0 saturated heterocycles. The first kappa shape index (κ1) is 22.9. The highest BCUT2D eigenvalue weighted by Gasteiger charge is 2.34. The molecule has 0 fully saturated rings. The van der Waals surface area contributed by atoms with E-state index >= 15 is 0 Å². The Bertz CT molecular complexity index is 1340. The molecule has 2 atom stereocenters. The van der Waals surface area contributed by atoms with Gasteiger partial charge in [0.05, 0.1) is 6.04 Å². The first-order valence-electron chi connectivity index (χ1n) is 12.2. The highest BCUT2D eigenvalue weighted by Crippen LogP contribution is 2.36. The normalized spacial score (nSPS) is 16.0. The summed E-state index contributed by atoms with van der Waals surface area (Å²) in [4.78, 5) is 27.6. The van der Waals surface area contributed by atoms with E-state index < -0.39 is 5.97 Å². The molecular formula is C30H30N2O3. The lowest BCUT2D eigenvalue weighted by Crippen LogP contribution is -2.39. The van der Waals surface area contributed by atoms with Crippen molar-refractivity contribution in [3.05, 3.63) is 107 Å². The molecule has 5 heteroatoms. The zero-order valence-corrected chi connectivity index (χ0v) is 19.9. The molecule has 0 saturated carbocycles. The van der Waals surface area contributed by atoms with E-state index in [4.69, 9.17) is 0 Å². The molecule has 0 spiro atoms. The molecule has 1 N–H and O–H groups in total. The molecule has 1 heterocycles. The molecule has 1 amide bonds. The topological polar surface area (TPSA) is 62.5 Å². The van der Waals surface area contributed by atoms with Gasteiger partial charge in [0.15, 0.2) is 0 Å². The van der Waals surface area contributed by atoms with E-state index in [0.717, 1.165) is 33.3 Å². The predicted octanol–water partition coefficient (Wildman–Crippen LogP) is 5.62. The molecule has 1 aromatic heterocycles. The van der Waals surface area contributed by atoms with Crippen LogP contribution in [0.3, 0.4) is 0 Å². The van der Waals surface area contributed by atoms with Crippen molar-refractivity contribution in [3.8, 4) is 0 Å². The third-order valence-corrected chi connectivity index (χ3v) is 7.25. The molecule has 3 aromatic carbocycles. The number of aliphatic carboxylic acids is 1. The van der Waals surface area contributed by atoms with Gasteiger partial charge in [-0.3, -0.25) is 9.59 Å². The van der Waals surface area contributed by atoms with E-state index in [0.29, 0.717) is 25.8 Å². The number of carboxylic acids is 1. The molecule has 0 aliphatic heterocycles. The molecule has 0 radical (unpaired) electrons. The number of carbonyl (C=O) groups is 2. The summed E-state index contributed by atoms with van der Waals surface area (Å²) in [7, 11) is 0. The SMILES string of the molecule is CC(c1ccccc1)N(Cc1ccccc1)C(=O)C1CCc2c(c3ccccc3n2CC(=O)O)C1. The predicted molar refractivity (Wildman–Crippen MR) is 137 cm³/mol. The lowest BCUT2D eigenvalue weighted by atomic mass is 9.84. The lowest BCUT2D eigenvalue weighted by molar-refractivity contribution is -0.139. The van der Waals surface area contributed by atoms with E-state index in [1.807, 2.05) is 70.1 Å². The first-order chi connectivity index (χ1) is 17.0. The zero-order valence-electron chi connectivity index (χ0n) is 19.9. The fourth-order valence-corrected chi connectivity index (χ4v) is 5.46. The Morgan fingerprint density at radius 3 is 2.34 bits per heavy atom. The standard InChI is InChI=1S/C30H30N2O3/c1-21(23-12-6-3-7-13-23)31(19-22-10-4-2-5-11-22)30(35)24-16-17-28-26(18-24)25-14-8-9-15-27(25)32(28)20-29(33)34/h2-15,21,24H,16-20H2,1H3,(H,33,34). The van der Waals surface area contributed by atoms with Crippen LogP contribution in [0.2, 0.25) is 0 Å². The summed E-state index contributed by atoms with van der Waals surface area (Å²) in [5.74, 6) is -0.829. The Kier molecular flexibility index (Phi) is 6.41. The van der Waals surface area contributed by atoms with Crippen LogP contribution in [0.4, 0.5) is 0 Å². The number of fused-ring (bicyclic) bond motifs is 3. The molecule has 1 aliphatic rings. The number of nitrogens with zero attached hydrogens (tertiary/aromatic N) is 2. The second-order valence-electron chi connectivity index (χ2n) is 9.40. The number of aromatic nitrogens is 1. The maximum absolute atomic E-state index is 14.1. The second-order valence-corrected chi connectivity index (χ2v) is 9.40. The number of carbonyl (C=O) groups excluding carboxylic acids is 1. The average Bonchev–Trinajstić information content (AvgIpc) is 3.20. The van der Waals surface area contributed by atoms with Gasteiger partial charge in [-0.25, -0.2) is 0 Å². The number of amides is 1. The smallest absolute Gasteiger partial charge is 0.323 e. The summed E-state index contributed by atoms with van der Waals surface area (Å²) in [6.45, 7) is 2.60. The molecule has 2 unspecified atom stereocenters. The van der Waals surface area contributed by atoms with Crippen LogP contribution < -0.4 is 0 Å². The monoisotopic (exact) mass is 466 g/mol. The Morgan fingerprint density at radius 1 is 0.971 bits per heavy atom. The van der Waals surface area contributed by atoms with Gasteiger partial charge in [0.1, 0.15) is 6.54 Å². The van der Waals surface area contributed by atoms with Crippen molar-refractivity contribution in [2.75, 3.05) is 0 Å². The van der Waals surface area contributed by atoms with E-state index in [1.54, 1.807) is 0 Å². The van der Waals surface area contributed by atoms with E-state index in [9.17, 15) is 14.7 Å². The number of hydrogen-bond acceptors (Lipinski definition) is 2. The van der Waals surface area contributed by atoms with Gasteiger partial charge in [-0.1, -0.05) is 78.9 Å². The maximum Gasteiger partial charge on any atom is 0.323 e. The fraction of sp³-hybridized carbons (Fsp3) is 0.267. The largest absolute Gasteiger partial charge is 0.480 e. The van der Waals surface area contributed by atoms with Crippen LogP contribution in [0.25, 0.3) is 10.9 Å². The van der Waals surface area contributed by atoms with Gasteiger partial charge in [-0.15, -0.1) is 0 Å². The minimum Gasteiger partial charge on any atom is -0.480 e. The summed E-state index contributed by atoms with van der Waals surface area (Å²) >= 11 is 0. The van der Waals surface area contributed by atoms with Crippen molar-refractivity contribution in [2.24, 2.45) is 5.92 Å². The van der Waals surface area contributed by atoms with Gasteiger partial charge in [0.25, 0.3) is 0 Å². The Balaban J connectivity index is 1.48. The third-order valence-electron chi connectivity index (χ3n) is 7.25. The summed E-state index contributed by atoms with van der Waals surface area (Å²) < 4.78 is 1.92. The Morgan fingerprint density at radius 2 is 1.63 bits per heavy atom. The third kappa shape index (κ3) is 4.59. The fourth-order valence-electron chi connectivity index (χ4n) is 5.46. The highest BCUT2D eigenvalue weighted by molar-refractivity contribution is 5.89. The van der Waals surface area contributed by atoms with Gasteiger partial charge in [0, 0.05) is 29.1 Å². The molecule has 35 heavy (non-hydrogen) atoms. The van der Waals surface area contributed by atoms with Crippen LogP contribution in [-0.4, -0.2) is 26.5 Å². The minimum absolute atomic E-state index is 0.0559. The Hall–Kier alpha value is -3.86. The molecule has 1 aliphatic carbocycles. The average molecular weight is 467 g/mol. The summed E-state index contributed by atoms with van der Waals surface area (Å²) in [6.07, 6.45) is 2.05. The molecular weight excluding hydrogens is 436 g/mol. The second kappa shape index (κ2) is 9.79. The van der Waals surface area contributed by atoms with E-state index in [1.165, 1.54) is 0 Å². The quantitative estimate of drug-likeness (QED) is 0.384. The Labute approximate surface area is 205 Å². The van der Waals surface area contributed by atoms with Crippen LogP contribution >= 0.6 is 0 Å². The number of carboxylic acid groups (broad SMARTS) is 1. The maximum atomic E-state index is 14.1. The van der Waals surface area contributed by atoms with Crippen LogP contribution in [0.1, 0.15) is 41.8 Å². The molecule has 0 bridgehead atoms. The molecule has 178 valence electrons. The van der Waals surface area contributed by atoms with Crippen molar-refractivity contribution < 1.29 is 14.7 Å². The van der Waals surface area contributed by atoms with Crippen LogP contribution in [0.5, 0.6) is 0 Å². The lowest BCUT2D eigenvalue weighted by Gasteiger charge is -2.34. The van der Waals surface area contributed by atoms with Crippen molar-refractivity contribution in [3.63, 3.8) is 0 Å². The molecule has 4 aromatic rings. The van der Waals surface area contributed by atoms with Gasteiger partial charge in [-0.05, 0) is 48.9 Å². The van der Waals surface area contributed by atoms with Gasteiger partial charge >= 0.3 is 5.97 Å². The van der Waals surface area contributed by atoms with Gasteiger partial charge < -0.3 is 14.6 Å². The number of hydrogen-bond donors (Lipinski definition) is 1. The highest BCUT2D eigenvalue weighted by atomic mass is 16.4. The number of benzene rings is 3. The first-order valence-corrected chi connectivity index (χ1v) is 12.2. The number of para-hydroxylation sites is 1. The summed E-state index contributed by atoms with van der Waals surface area (Å²) in [6, 6.07) is 28.2. The van der Waals surface area contributed by atoms with Crippen molar-refractivity contribution in [1.29, 1.82) is 0 Å².